The Hall–Kier alpha value is -3.28. The van der Waals surface area contributed by atoms with E-state index in [-0.39, 0.29) is 6.79 Å². The summed E-state index contributed by atoms with van der Waals surface area (Å²) in [5.41, 5.74) is 4.54. The van der Waals surface area contributed by atoms with E-state index in [2.05, 4.69) is 52.6 Å². The molecule has 1 aliphatic rings. The zero-order valence-corrected chi connectivity index (χ0v) is 15.7. The Morgan fingerprint density at radius 3 is 2.41 bits per heavy atom. The van der Waals surface area contributed by atoms with Crippen LogP contribution in [-0.4, -0.2) is 16.8 Å². The van der Waals surface area contributed by atoms with E-state index in [1.165, 1.54) is 11.1 Å². The minimum Gasteiger partial charge on any atom is -0.454 e. The van der Waals surface area contributed by atoms with Crippen molar-refractivity contribution in [2.45, 2.75) is 27.3 Å². The lowest BCUT2D eigenvalue weighted by molar-refractivity contribution is 0.174. The fraction of sp³-hybridized carbons (Fsp3) is 0.238. The highest BCUT2D eigenvalue weighted by Gasteiger charge is 2.13. The molecule has 0 atom stereocenters. The Labute approximate surface area is 158 Å². The molecule has 0 spiro atoms. The molecule has 1 aromatic heterocycles. The van der Waals surface area contributed by atoms with Crippen molar-refractivity contribution in [1.82, 2.24) is 9.97 Å². The van der Waals surface area contributed by atoms with E-state index in [1.54, 1.807) is 0 Å². The minimum atomic E-state index is 0.283. The Balaban J connectivity index is 1.48. The molecule has 0 unspecified atom stereocenters. The van der Waals surface area contributed by atoms with Crippen molar-refractivity contribution in [3.05, 3.63) is 65.0 Å². The van der Waals surface area contributed by atoms with Crippen molar-refractivity contribution in [1.29, 1.82) is 0 Å². The van der Waals surface area contributed by atoms with Crippen LogP contribution in [0.4, 0.5) is 17.3 Å². The summed E-state index contributed by atoms with van der Waals surface area (Å²) in [7, 11) is 0. The first kappa shape index (κ1) is 17.1. The van der Waals surface area contributed by atoms with Crippen LogP contribution in [0.3, 0.4) is 0 Å². The second-order valence-corrected chi connectivity index (χ2v) is 6.73. The number of nitrogens with one attached hydrogen (secondary N) is 2. The summed E-state index contributed by atoms with van der Waals surface area (Å²) in [6.45, 7) is 6.98. The van der Waals surface area contributed by atoms with E-state index < -0.39 is 0 Å². The van der Waals surface area contributed by atoms with Gasteiger partial charge in [0.1, 0.15) is 17.5 Å². The lowest BCUT2D eigenvalue weighted by Crippen LogP contribution is -2.05. The number of aromatic nitrogens is 2. The molecular weight excluding hydrogens is 340 g/mol. The van der Waals surface area contributed by atoms with Gasteiger partial charge in [0.05, 0.1) is 0 Å². The molecular formula is C21H22N4O2. The first-order chi connectivity index (χ1) is 13.0. The van der Waals surface area contributed by atoms with Gasteiger partial charge in [-0.25, -0.2) is 9.97 Å². The summed E-state index contributed by atoms with van der Waals surface area (Å²) >= 11 is 0. The summed E-state index contributed by atoms with van der Waals surface area (Å²) in [6, 6.07) is 14.2. The predicted molar refractivity (Wildman–Crippen MR) is 106 cm³/mol. The maximum absolute atomic E-state index is 5.43. The average molecular weight is 362 g/mol. The van der Waals surface area contributed by atoms with E-state index in [0.717, 1.165) is 34.4 Å². The van der Waals surface area contributed by atoms with E-state index in [0.29, 0.717) is 12.4 Å². The van der Waals surface area contributed by atoms with E-state index in [4.69, 9.17) is 9.47 Å². The van der Waals surface area contributed by atoms with Crippen molar-refractivity contribution in [3.63, 3.8) is 0 Å². The molecule has 2 N–H and O–H groups in total. The Morgan fingerprint density at radius 2 is 1.59 bits per heavy atom. The van der Waals surface area contributed by atoms with Gasteiger partial charge in [0.25, 0.3) is 0 Å². The fourth-order valence-electron chi connectivity index (χ4n) is 3.16. The third-order valence-corrected chi connectivity index (χ3v) is 4.24. The number of aryl methyl sites for hydroxylation is 3. The normalized spacial score (nSPS) is 12.1. The molecule has 2 aromatic carbocycles. The van der Waals surface area contributed by atoms with Gasteiger partial charge in [-0.3, -0.25) is 0 Å². The standard InChI is InChI=1S/C21H22N4O2/c1-13-6-14(2)8-17(7-13)25-21-10-20(23-15(3)24-21)22-11-16-4-5-18-19(9-16)27-12-26-18/h4-10H,11-12H2,1-3H3,(H2,22,23,24,25). The van der Waals surface area contributed by atoms with Gasteiger partial charge in [-0.05, 0) is 61.7 Å². The van der Waals surface area contributed by atoms with Gasteiger partial charge >= 0.3 is 0 Å². The summed E-state index contributed by atoms with van der Waals surface area (Å²) in [5, 5.41) is 6.73. The van der Waals surface area contributed by atoms with Crippen molar-refractivity contribution < 1.29 is 9.47 Å². The molecule has 138 valence electrons. The zero-order chi connectivity index (χ0) is 18.8. The summed E-state index contributed by atoms with van der Waals surface area (Å²) in [6.07, 6.45) is 0. The Bertz CT molecular complexity index is 968. The average Bonchev–Trinajstić information content (AvgIpc) is 3.06. The number of anilines is 3. The maximum atomic E-state index is 5.43. The largest absolute Gasteiger partial charge is 0.454 e. The van der Waals surface area contributed by atoms with Crippen molar-refractivity contribution >= 4 is 17.3 Å². The molecule has 6 nitrogen and oxygen atoms in total. The van der Waals surface area contributed by atoms with Gasteiger partial charge in [-0.15, -0.1) is 0 Å². The zero-order valence-electron chi connectivity index (χ0n) is 15.7. The fourth-order valence-corrected chi connectivity index (χ4v) is 3.16. The molecule has 0 fully saturated rings. The van der Waals surface area contributed by atoms with Crippen LogP contribution in [0.15, 0.2) is 42.5 Å². The second kappa shape index (κ2) is 7.15. The van der Waals surface area contributed by atoms with E-state index in [1.807, 2.05) is 31.2 Å². The first-order valence-electron chi connectivity index (χ1n) is 8.88. The quantitative estimate of drug-likeness (QED) is 0.697. The van der Waals surface area contributed by atoms with E-state index in [9.17, 15) is 0 Å². The molecule has 4 rings (SSSR count). The van der Waals surface area contributed by atoms with Crippen LogP contribution >= 0.6 is 0 Å². The Kier molecular flexibility index (Phi) is 4.54. The third-order valence-electron chi connectivity index (χ3n) is 4.24. The van der Waals surface area contributed by atoms with Gasteiger partial charge in [-0.1, -0.05) is 12.1 Å². The number of hydrogen-bond acceptors (Lipinski definition) is 6. The molecule has 1 aliphatic heterocycles. The molecule has 3 aromatic rings. The van der Waals surface area contributed by atoms with Gasteiger partial charge in [-0.2, -0.15) is 0 Å². The number of hydrogen-bond donors (Lipinski definition) is 2. The Morgan fingerprint density at radius 1 is 0.852 bits per heavy atom. The van der Waals surface area contributed by atoms with Crippen LogP contribution < -0.4 is 20.1 Å². The number of fused-ring (bicyclic) bond motifs is 1. The van der Waals surface area contributed by atoms with Gasteiger partial charge < -0.3 is 20.1 Å². The van der Waals surface area contributed by atoms with Crippen LogP contribution in [-0.2, 0) is 6.54 Å². The highest BCUT2D eigenvalue weighted by molar-refractivity contribution is 5.61. The minimum absolute atomic E-state index is 0.283. The van der Waals surface area contributed by atoms with Gasteiger partial charge in [0, 0.05) is 18.3 Å². The van der Waals surface area contributed by atoms with Crippen LogP contribution in [0.2, 0.25) is 0 Å². The predicted octanol–water partition coefficient (Wildman–Crippen LogP) is 4.49. The van der Waals surface area contributed by atoms with Gasteiger partial charge in [0.15, 0.2) is 11.5 Å². The van der Waals surface area contributed by atoms with Crippen LogP contribution in [0.1, 0.15) is 22.5 Å². The molecule has 0 aliphatic carbocycles. The molecule has 0 saturated heterocycles. The molecule has 0 amide bonds. The molecule has 2 heterocycles. The smallest absolute Gasteiger partial charge is 0.231 e. The lowest BCUT2D eigenvalue weighted by Gasteiger charge is -2.11. The third kappa shape index (κ3) is 4.11. The first-order valence-corrected chi connectivity index (χ1v) is 8.88. The summed E-state index contributed by atoms with van der Waals surface area (Å²) in [5.74, 6) is 3.81. The number of rotatable bonds is 5. The highest BCUT2D eigenvalue weighted by atomic mass is 16.7. The number of benzene rings is 2. The molecule has 0 saturated carbocycles. The topological polar surface area (TPSA) is 68.3 Å². The van der Waals surface area contributed by atoms with Crippen molar-refractivity contribution in [2.75, 3.05) is 17.4 Å². The van der Waals surface area contributed by atoms with Crippen LogP contribution in [0.25, 0.3) is 0 Å². The molecule has 0 bridgehead atoms. The van der Waals surface area contributed by atoms with Crippen molar-refractivity contribution in [2.24, 2.45) is 0 Å². The van der Waals surface area contributed by atoms with Crippen LogP contribution in [0.5, 0.6) is 11.5 Å². The molecule has 6 heteroatoms. The van der Waals surface area contributed by atoms with Crippen molar-refractivity contribution in [3.8, 4) is 11.5 Å². The second-order valence-electron chi connectivity index (χ2n) is 6.73. The summed E-state index contributed by atoms with van der Waals surface area (Å²) < 4.78 is 10.8. The SMILES string of the molecule is Cc1cc(C)cc(Nc2cc(NCc3ccc4c(c3)OCO4)nc(C)n2)c1. The van der Waals surface area contributed by atoms with Crippen LogP contribution in [0, 0.1) is 20.8 Å². The van der Waals surface area contributed by atoms with E-state index >= 15 is 0 Å². The number of ether oxygens (including phenoxy) is 2. The number of nitrogens with zero attached hydrogens (tertiary/aromatic N) is 2. The summed E-state index contributed by atoms with van der Waals surface area (Å²) in [4.78, 5) is 8.97. The molecule has 27 heavy (non-hydrogen) atoms. The molecule has 0 radical (unpaired) electrons. The monoisotopic (exact) mass is 362 g/mol. The maximum Gasteiger partial charge on any atom is 0.231 e. The van der Waals surface area contributed by atoms with Gasteiger partial charge in [0.2, 0.25) is 6.79 Å². The highest BCUT2D eigenvalue weighted by Crippen LogP contribution is 2.32. The lowest BCUT2D eigenvalue weighted by atomic mass is 10.1.